The summed E-state index contributed by atoms with van der Waals surface area (Å²) < 4.78 is 4.94. The van der Waals surface area contributed by atoms with Gasteiger partial charge in [0, 0.05) is 11.1 Å². The minimum absolute atomic E-state index is 0.354. The molecule has 4 nitrogen and oxygen atoms in total. The summed E-state index contributed by atoms with van der Waals surface area (Å²) in [6, 6.07) is 4.70. The lowest BCUT2D eigenvalue weighted by molar-refractivity contribution is -0.148. The second-order valence-corrected chi connectivity index (χ2v) is 4.85. The Morgan fingerprint density at radius 2 is 2.10 bits per heavy atom. The van der Waals surface area contributed by atoms with E-state index in [1.807, 2.05) is 6.92 Å². The molecule has 0 saturated heterocycles. The van der Waals surface area contributed by atoms with Gasteiger partial charge >= 0.3 is 5.97 Å². The average Bonchev–Trinajstić information content (AvgIpc) is 2.40. The number of carbonyl (C=O) groups excluding carboxylic acids is 2. The van der Waals surface area contributed by atoms with Gasteiger partial charge in [0.2, 0.25) is 0 Å². The Kier molecular flexibility index (Phi) is 6.55. The molecular weight excluding hydrogens is 301 g/mol. The largest absolute Gasteiger partial charge is 0.449 e. The monoisotopic (exact) mass is 315 g/mol. The van der Waals surface area contributed by atoms with Crippen LogP contribution in [0.25, 0.3) is 0 Å². The highest BCUT2D eigenvalue weighted by molar-refractivity contribution is 6.35. The average molecular weight is 316 g/mol. The topological polar surface area (TPSA) is 55.4 Å². The second-order valence-electron chi connectivity index (χ2n) is 4.00. The molecule has 1 unspecified atom stereocenters. The SMILES string of the molecule is CC/C=C/C(=O)OC(C)C(=O)Nc1cc(Cl)ccc1Cl. The van der Waals surface area contributed by atoms with Crippen LogP contribution >= 0.6 is 23.2 Å². The molecule has 20 heavy (non-hydrogen) atoms. The summed E-state index contributed by atoms with van der Waals surface area (Å²) in [6.07, 6.45) is 2.73. The third-order valence-corrected chi connectivity index (χ3v) is 2.90. The van der Waals surface area contributed by atoms with Crippen molar-refractivity contribution in [3.8, 4) is 0 Å². The van der Waals surface area contributed by atoms with E-state index in [0.717, 1.165) is 0 Å². The molecule has 1 aromatic rings. The molecule has 108 valence electrons. The number of anilines is 1. The normalized spacial score (nSPS) is 12.2. The van der Waals surface area contributed by atoms with Gasteiger partial charge in [-0.05, 0) is 31.5 Å². The van der Waals surface area contributed by atoms with Crippen LogP contribution < -0.4 is 5.32 Å². The fraction of sp³-hybridized carbons (Fsp3) is 0.286. The van der Waals surface area contributed by atoms with Crippen LogP contribution in [0.3, 0.4) is 0 Å². The predicted octanol–water partition coefficient (Wildman–Crippen LogP) is 3.83. The Morgan fingerprint density at radius 3 is 2.75 bits per heavy atom. The third-order valence-electron chi connectivity index (χ3n) is 2.34. The van der Waals surface area contributed by atoms with E-state index in [-0.39, 0.29) is 0 Å². The van der Waals surface area contributed by atoms with E-state index in [4.69, 9.17) is 27.9 Å². The van der Waals surface area contributed by atoms with Crippen molar-refractivity contribution in [1.82, 2.24) is 0 Å². The number of nitrogens with one attached hydrogen (secondary N) is 1. The number of halogens is 2. The summed E-state index contributed by atoms with van der Waals surface area (Å²) in [5, 5.41) is 3.35. The maximum atomic E-state index is 11.9. The number of esters is 1. The van der Waals surface area contributed by atoms with Gasteiger partial charge < -0.3 is 10.1 Å². The molecule has 0 bridgehead atoms. The first kappa shape index (κ1) is 16.5. The maximum absolute atomic E-state index is 11.9. The number of benzene rings is 1. The molecule has 0 aliphatic heterocycles. The first-order chi connectivity index (χ1) is 9.43. The molecule has 1 aromatic carbocycles. The molecule has 0 spiro atoms. The highest BCUT2D eigenvalue weighted by Gasteiger charge is 2.17. The predicted molar refractivity (Wildman–Crippen MR) is 80.1 cm³/mol. The Bertz CT molecular complexity index is 529. The van der Waals surface area contributed by atoms with Crippen LogP contribution in [0.4, 0.5) is 5.69 Å². The lowest BCUT2D eigenvalue weighted by atomic mass is 10.3. The summed E-state index contributed by atoms with van der Waals surface area (Å²) in [5.41, 5.74) is 0.371. The minimum Gasteiger partial charge on any atom is -0.449 e. The van der Waals surface area contributed by atoms with Crippen molar-refractivity contribution in [3.63, 3.8) is 0 Å². The van der Waals surface area contributed by atoms with E-state index in [9.17, 15) is 9.59 Å². The number of rotatable bonds is 5. The zero-order valence-electron chi connectivity index (χ0n) is 11.2. The number of carbonyl (C=O) groups is 2. The van der Waals surface area contributed by atoms with E-state index in [1.165, 1.54) is 19.1 Å². The molecule has 0 fully saturated rings. The summed E-state index contributed by atoms with van der Waals surface area (Å²) in [4.78, 5) is 23.2. The van der Waals surface area contributed by atoms with Crippen molar-refractivity contribution in [2.75, 3.05) is 5.32 Å². The number of ether oxygens (including phenoxy) is 1. The van der Waals surface area contributed by atoms with E-state index in [2.05, 4.69) is 5.32 Å². The van der Waals surface area contributed by atoms with Crippen molar-refractivity contribution >= 4 is 40.8 Å². The molecular formula is C14H15Cl2NO3. The first-order valence-electron chi connectivity index (χ1n) is 6.07. The molecule has 6 heteroatoms. The lowest BCUT2D eigenvalue weighted by Crippen LogP contribution is -2.29. The highest BCUT2D eigenvalue weighted by Crippen LogP contribution is 2.25. The standard InChI is InChI=1S/C14H15Cl2NO3/c1-3-4-5-13(18)20-9(2)14(19)17-12-8-10(15)6-7-11(12)16/h4-9H,3H2,1-2H3,(H,17,19)/b5-4+. The Morgan fingerprint density at radius 1 is 1.40 bits per heavy atom. The van der Waals surface area contributed by atoms with E-state index >= 15 is 0 Å². The molecule has 0 heterocycles. The van der Waals surface area contributed by atoms with Gasteiger partial charge in [-0.25, -0.2) is 4.79 Å². The van der Waals surface area contributed by atoms with Gasteiger partial charge in [0.15, 0.2) is 6.10 Å². The van der Waals surface area contributed by atoms with Gasteiger partial charge in [-0.2, -0.15) is 0 Å². The molecule has 1 rings (SSSR count). The first-order valence-corrected chi connectivity index (χ1v) is 6.82. The highest BCUT2D eigenvalue weighted by atomic mass is 35.5. The maximum Gasteiger partial charge on any atom is 0.331 e. The number of hydrogen-bond donors (Lipinski definition) is 1. The fourth-order valence-electron chi connectivity index (χ4n) is 1.31. The fourth-order valence-corrected chi connectivity index (χ4v) is 1.65. The quantitative estimate of drug-likeness (QED) is 0.663. The van der Waals surface area contributed by atoms with E-state index in [0.29, 0.717) is 22.2 Å². The van der Waals surface area contributed by atoms with Crippen molar-refractivity contribution in [3.05, 3.63) is 40.4 Å². The molecule has 0 aliphatic carbocycles. The molecule has 0 saturated carbocycles. The number of amides is 1. The van der Waals surface area contributed by atoms with Crippen LogP contribution in [0, 0.1) is 0 Å². The Hall–Kier alpha value is -1.52. The number of hydrogen-bond acceptors (Lipinski definition) is 3. The minimum atomic E-state index is -0.931. The third kappa shape index (κ3) is 5.23. The van der Waals surface area contributed by atoms with E-state index in [1.54, 1.807) is 18.2 Å². The van der Waals surface area contributed by atoms with Gasteiger partial charge in [-0.1, -0.05) is 36.2 Å². The molecule has 0 radical (unpaired) electrons. The molecule has 0 aliphatic rings. The summed E-state index contributed by atoms with van der Waals surface area (Å²) in [7, 11) is 0. The van der Waals surface area contributed by atoms with Crippen molar-refractivity contribution < 1.29 is 14.3 Å². The van der Waals surface area contributed by atoms with Crippen molar-refractivity contribution in [1.29, 1.82) is 0 Å². The van der Waals surface area contributed by atoms with Crippen molar-refractivity contribution in [2.45, 2.75) is 26.4 Å². The lowest BCUT2D eigenvalue weighted by Gasteiger charge is -2.13. The van der Waals surface area contributed by atoms with Crippen LogP contribution in [0.2, 0.25) is 10.0 Å². The van der Waals surface area contributed by atoms with Gasteiger partial charge in [-0.3, -0.25) is 4.79 Å². The molecule has 1 amide bonds. The second kappa shape index (κ2) is 7.92. The van der Waals surface area contributed by atoms with Crippen LogP contribution in [0.5, 0.6) is 0 Å². The van der Waals surface area contributed by atoms with Crippen LogP contribution in [-0.2, 0) is 14.3 Å². The number of allylic oxidation sites excluding steroid dienone is 1. The molecule has 0 aromatic heterocycles. The van der Waals surface area contributed by atoms with Gasteiger partial charge in [0.05, 0.1) is 10.7 Å². The smallest absolute Gasteiger partial charge is 0.331 e. The Balaban J connectivity index is 2.64. The van der Waals surface area contributed by atoms with Gasteiger partial charge in [-0.15, -0.1) is 0 Å². The zero-order chi connectivity index (χ0) is 15.1. The summed E-state index contributed by atoms with van der Waals surface area (Å²) in [5.74, 6) is -1.04. The Labute approximate surface area is 127 Å². The van der Waals surface area contributed by atoms with Gasteiger partial charge in [0.25, 0.3) is 5.91 Å². The molecule has 1 N–H and O–H groups in total. The summed E-state index contributed by atoms with van der Waals surface area (Å²) >= 11 is 11.7. The van der Waals surface area contributed by atoms with Gasteiger partial charge in [0.1, 0.15) is 0 Å². The molecule has 1 atom stereocenters. The van der Waals surface area contributed by atoms with Crippen LogP contribution in [0.15, 0.2) is 30.4 Å². The van der Waals surface area contributed by atoms with E-state index < -0.39 is 18.0 Å². The van der Waals surface area contributed by atoms with Crippen LogP contribution in [0.1, 0.15) is 20.3 Å². The van der Waals surface area contributed by atoms with Crippen molar-refractivity contribution in [2.24, 2.45) is 0 Å². The van der Waals surface area contributed by atoms with Crippen LogP contribution in [-0.4, -0.2) is 18.0 Å². The zero-order valence-corrected chi connectivity index (χ0v) is 12.7. The summed E-state index contributed by atoms with van der Waals surface area (Å²) in [6.45, 7) is 3.37.